The van der Waals surface area contributed by atoms with E-state index in [9.17, 15) is 18.0 Å². The van der Waals surface area contributed by atoms with Gasteiger partial charge in [-0.15, -0.1) is 22.7 Å². The predicted octanol–water partition coefficient (Wildman–Crippen LogP) is 5.24. The van der Waals surface area contributed by atoms with Crippen molar-refractivity contribution >= 4 is 61.2 Å². The Hall–Kier alpha value is -2.28. The first kappa shape index (κ1) is 28.3. The summed E-state index contributed by atoms with van der Waals surface area (Å²) in [6, 6.07) is 13.3. The second-order valence-electron chi connectivity index (χ2n) is 9.62. The maximum atomic E-state index is 13.4. The van der Waals surface area contributed by atoms with Crippen molar-refractivity contribution in [3.8, 4) is 0 Å². The molecule has 0 saturated carbocycles. The Balaban J connectivity index is 1.33. The molecule has 2 aliphatic rings. The number of amides is 1. The quantitative estimate of drug-likeness (QED) is 0.352. The summed E-state index contributed by atoms with van der Waals surface area (Å²) in [5.74, 6) is -1.26. The number of thiophene rings is 2. The highest BCUT2D eigenvalue weighted by atomic mass is 35.5. The van der Waals surface area contributed by atoms with Crippen LogP contribution in [-0.2, 0) is 39.1 Å². The van der Waals surface area contributed by atoms with Crippen LogP contribution < -0.4 is 5.32 Å². The van der Waals surface area contributed by atoms with E-state index in [0.717, 1.165) is 34.9 Å². The number of fused-ring (bicyclic) bond motifs is 1. The molecule has 3 aromatic rings. The molecule has 2 aromatic heterocycles. The molecule has 1 atom stereocenters. The molecule has 1 saturated heterocycles. The Morgan fingerprint density at radius 2 is 1.92 bits per heavy atom. The molecule has 1 aromatic carbocycles. The topological polar surface area (TPSA) is 96.0 Å². The zero-order valence-corrected chi connectivity index (χ0v) is 24.7. The lowest BCUT2D eigenvalue weighted by Gasteiger charge is -2.30. The summed E-state index contributed by atoms with van der Waals surface area (Å²) in [7, 11) is -3.73. The fourth-order valence-corrected chi connectivity index (χ4v) is 9.53. The molecule has 1 unspecified atom stereocenters. The van der Waals surface area contributed by atoms with E-state index >= 15 is 0 Å². The van der Waals surface area contributed by atoms with Crippen molar-refractivity contribution in [2.45, 2.75) is 43.5 Å². The molecule has 8 nitrogen and oxygen atoms in total. The van der Waals surface area contributed by atoms with Gasteiger partial charge in [-0.05, 0) is 49.4 Å². The highest BCUT2D eigenvalue weighted by molar-refractivity contribution is 7.91. The van der Waals surface area contributed by atoms with Gasteiger partial charge >= 0.3 is 5.97 Å². The highest BCUT2D eigenvalue weighted by Gasteiger charge is 2.36. The standard InChI is InChI=1S/C27H30ClN3O5S3/c1-2-36-27(33)24-20-12-14-30(15-18-7-4-3-5-8-18)17-21(20)37-26(24)29-25(32)19-9-6-13-31(16-19)39(34,35)23-11-10-22(28)38-23/h3-5,7-8,10-11,19H,2,6,9,12-17H2,1H3,(H,29,32). The zero-order chi connectivity index (χ0) is 27.6. The van der Waals surface area contributed by atoms with Gasteiger partial charge in [0.2, 0.25) is 5.91 Å². The lowest BCUT2D eigenvalue weighted by molar-refractivity contribution is -0.120. The number of rotatable bonds is 8. The Kier molecular flexibility index (Phi) is 8.75. The van der Waals surface area contributed by atoms with E-state index in [1.165, 1.54) is 27.3 Å². The van der Waals surface area contributed by atoms with Gasteiger partial charge in [-0.3, -0.25) is 9.69 Å². The average Bonchev–Trinajstić information content (AvgIpc) is 3.53. The minimum absolute atomic E-state index is 0.0777. The van der Waals surface area contributed by atoms with Crippen molar-refractivity contribution in [2.75, 3.05) is 31.6 Å². The number of halogens is 1. The molecule has 0 bridgehead atoms. The number of nitrogens with one attached hydrogen (secondary N) is 1. The van der Waals surface area contributed by atoms with Gasteiger partial charge in [0.1, 0.15) is 9.21 Å². The molecule has 4 heterocycles. The van der Waals surface area contributed by atoms with Gasteiger partial charge in [-0.25, -0.2) is 13.2 Å². The number of hydrogen-bond acceptors (Lipinski definition) is 8. The first-order valence-corrected chi connectivity index (χ1v) is 16.4. The molecular formula is C27H30ClN3O5S3. The highest BCUT2D eigenvalue weighted by Crippen LogP contribution is 2.39. The SMILES string of the molecule is CCOC(=O)c1c(NC(=O)C2CCCN(S(=O)(=O)c3ccc(Cl)s3)C2)sc2c1CCN(Cc1ccccc1)C2. The third-order valence-electron chi connectivity index (χ3n) is 7.00. The van der Waals surface area contributed by atoms with E-state index < -0.39 is 21.9 Å². The van der Waals surface area contributed by atoms with Gasteiger partial charge in [0.15, 0.2) is 0 Å². The number of sulfonamides is 1. The second-order valence-corrected chi connectivity index (χ2v) is 14.6. The Labute approximate surface area is 241 Å². The molecule has 0 aliphatic carbocycles. The van der Waals surface area contributed by atoms with Crippen molar-refractivity contribution < 1.29 is 22.7 Å². The van der Waals surface area contributed by atoms with E-state index in [4.69, 9.17) is 16.3 Å². The Morgan fingerprint density at radius 3 is 2.64 bits per heavy atom. The number of nitrogens with zero attached hydrogens (tertiary/aromatic N) is 2. The lowest BCUT2D eigenvalue weighted by Crippen LogP contribution is -2.43. The first-order chi connectivity index (χ1) is 18.8. The fourth-order valence-electron chi connectivity index (χ4n) is 5.09. The predicted molar refractivity (Wildman–Crippen MR) is 154 cm³/mol. The van der Waals surface area contributed by atoms with Crippen molar-refractivity contribution in [3.63, 3.8) is 0 Å². The minimum Gasteiger partial charge on any atom is -0.462 e. The molecule has 5 rings (SSSR count). The van der Waals surface area contributed by atoms with Crippen LogP contribution in [0.15, 0.2) is 46.7 Å². The van der Waals surface area contributed by atoms with Crippen molar-refractivity contribution in [3.05, 3.63) is 68.4 Å². The van der Waals surface area contributed by atoms with Crippen LogP contribution >= 0.6 is 34.3 Å². The normalized spacial score (nSPS) is 18.5. The van der Waals surface area contributed by atoms with Crippen LogP contribution in [0, 0.1) is 5.92 Å². The third kappa shape index (κ3) is 6.23. The molecule has 2 aliphatic heterocycles. The molecule has 208 valence electrons. The molecule has 39 heavy (non-hydrogen) atoms. The Bertz CT molecular complexity index is 1450. The van der Waals surface area contributed by atoms with E-state index in [1.54, 1.807) is 13.0 Å². The lowest BCUT2D eigenvalue weighted by atomic mass is 9.98. The largest absolute Gasteiger partial charge is 0.462 e. The van der Waals surface area contributed by atoms with Crippen LogP contribution in [0.4, 0.5) is 5.00 Å². The van der Waals surface area contributed by atoms with Crippen LogP contribution in [0.1, 0.15) is 46.1 Å². The first-order valence-electron chi connectivity index (χ1n) is 12.9. The van der Waals surface area contributed by atoms with E-state index in [2.05, 4.69) is 22.3 Å². The van der Waals surface area contributed by atoms with Crippen molar-refractivity contribution in [2.24, 2.45) is 5.92 Å². The van der Waals surface area contributed by atoms with Crippen LogP contribution in [0.25, 0.3) is 0 Å². The summed E-state index contributed by atoms with van der Waals surface area (Å²) in [6.45, 7) is 4.69. The number of ether oxygens (including phenoxy) is 1. The van der Waals surface area contributed by atoms with Gasteiger partial charge in [0.05, 0.1) is 22.4 Å². The minimum atomic E-state index is -3.73. The summed E-state index contributed by atoms with van der Waals surface area (Å²) in [6.07, 6.45) is 1.81. The van der Waals surface area contributed by atoms with E-state index in [0.29, 0.717) is 47.3 Å². The number of piperidine rings is 1. The van der Waals surface area contributed by atoms with Gasteiger partial charge in [0.25, 0.3) is 10.0 Å². The molecule has 0 radical (unpaired) electrons. The van der Waals surface area contributed by atoms with Gasteiger partial charge < -0.3 is 10.1 Å². The van der Waals surface area contributed by atoms with E-state index in [-0.39, 0.29) is 23.3 Å². The molecule has 0 spiro atoms. The number of carbonyl (C=O) groups excluding carboxylic acids is 2. The monoisotopic (exact) mass is 607 g/mol. The number of benzene rings is 1. The van der Waals surface area contributed by atoms with E-state index in [1.807, 2.05) is 18.2 Å². The summed E-state index contributed by atoms with van der Waals surface area (Å²) in [5.41, 5.74) is 2.58. The fraction of sp³-hybridized carbons (Fsp3) is 0.407. The Morgan fingerprint density at radius 1 is 1.13 bits per heavy atom. The maximum Gasteiger partial charge on any atom is 0.341 e. The van der Waals surface area contributed by atoms with Crippen LogP contribution in [0.2, 0.25) is 4.34 Å². The molecular weight excluding hydrogens is 578 g/mol. The smallest absolute Gasteiger partial charge is 0.341 e. The number of anilines is 1. The molecule has 1 N–H and O–H groups in total. The zero-order valence-electron chi connectivity index (χ0n) is 21.5. The maximum absolute atomic E-state index is 13.4. The van der Waals surface area contributed by atoms with Crippen LogP contribution in [0.5, 0.6) is 0 Å². The molecule has 1 amide bonds. The summed E-state index contributed by atoms with van der Waals surface area (Å²) < 4.78 is 33.5. The second kappa shape index (κ2) is 12.1. The molecule has 12 heteroatoms. The number of hydrogen-bond donors (Lipinski definition) is 1. The van der Waals surface area contributed by atoms with Crippen LogP contribution in [-0.4, -0.2) is 55.7 Å². The van der Waals surface area contributed by atoms with Crippen LogP contribution in [0.3, 0.4) is 0 Å². The third-order valence-corrected chi connectivity index (χ3v) is 11.7. The summed E-state index contributed by atoms with van der Waals surface area (Å²) in [5, 5.41) is 3.46. The van der Waals surface area contributed by atoms with Gasteiger partial charge in [-0.1, -0.05) is 41.9 Å². The number of esters is 1. The summed E-state index contributed by atoms with van der Waals surface area (Å²) in [4.78, 5) is 29.8. The van der Waals surface area contributed by atoms with Gasteiger partial charge in [-0.2, -0.15) is 4.31 Å². The summed E-state index contributed by atoms with van der Waals surface area (Å²) >= 11 is 8.38. The van der Waals surface area contributed by atoms with Gasteiger partial charge in [0, 0.05) is 37.6 Å². The van der Waals surface area contributed by atoms with Crippen molar-refractivity contribution in [1.29, 1.82) is 0 Å². The number of carbonyl (C=O) groups is 2. The van der Waals surface area contributed by atoms with Crippen molar-refractivity contribution in [1.82, 2.24) is 9.21 Å². The average molecular weight is 608 g/mol. The molecule has 1 fully saturated rings.